The molecule has 31 heavy (non-hydrogen) atoms. The number of nitrogens with zero attached hydrogens (tertiary/aromatic N) is 3. The average molecular weight is 421 g/mol. The van der Waals surface area contributed by atoms with Gasteiger partial charge in [-0.3, -0.25) is 14.3 Å². The largest absolute Gasteiger partial charge is 0.419 e. The van der Waals surface area contributed by atoms with Crippen LogP contribution < -0.4 is 16.4 Å². The highest BCUT2D eigenvalue weighted by molar-refractivity contribution is 5.82. The van der Waals surface area contributed by atoms with Gasteiger partial charge in [-0.15, -0.1) is 0 Å². The highest BCUT2D eigenvalue weighted by Crippen LogP contribution is 2.22. The number of carbonyl (C=O) groups excluding carboxylic acids is 1. The molecule has 0 bridgehead atoms. The van der Waals surface area contributed by atoms with Gasteiger partial charge in [0.2, 0.25) is 0 Å². The van der Waals surface area contributed by atoms with Crippen LogP contribution in [0.2, 0.25) is 0 Å². The van der Waals surface area contributed by atoms with E-state index < -0.39 is 17.9 Å². The van der Waals surface area contributed by atoms with Crippen LogP contribution in [-0.4, -0.2) is 47.3 Å². The molecule has 0 saturated carbocycles. The lowest BCUT2D eigenvalue weighted by Crippen LogP contribution is -2.46. The summed E-state index contributed by atoms with van der Waals surface area (Å²) in [6.07, 6.45) is 2.29. The molecule has 1 amide bonds. The maximum absolute atomic E-state index is 12.4. The fourth-order valence-corrected chi connectivity index (χ4v) is 3.51. The summed E-state index contributed by atoms with van der Waals surface area (Å²) in [4.78, 5) is 28.6. The van der Waals surface area contributed by atoms with E-state index in [1.807, 2.05) is 24.3 Å². The smallest absolute Gasteiger partial charge is 0.408 e. The van der Waals surface area contributed by atoms with Crippen LogP contribution in [0, 0.1) is 11.3 Å². The molecule has 1 saturated heterocycles. The normalized spacial score (nSPS) is 17.6. The number of hydrogen-bond acceptors (Lipinski definition) is 7. The first-order chi connectivity index (χ1) is 15.0. The third kappa shape index (κ3) is 4.66. The van der Waals surface area contributed by atoms with Crippen molar-refractivity contribution in [3.63, 3.8) is 0 Å². The van der Waals surface area contributed by atoms with Crippen molar-refractivity contribution < 1.29 is 13.9 Å². The Balaban J connectivity index is 1.43. The molecular formula is C22H23N5O4. The van der Waals surface area contributed by atoms with E-state index in [0.717, 1.165) is 29.8 Å². The lowest BCUT2D eigenvalue weighted by Gasteiger charge is -2.18. The van der Waals surface area contributed by atoms with Crippen LogP contribution in [-0.2, 0) is 23.0 Å². The molecule has 9 heteroatoms. The van der Waals surface area contributed by atoms with E-state index in [9.17, 15) is 14.9 Å². The van der Waals surface area contributed by atoms with Gasteiger partial charge in [0.05, 0.1) is 17.3 Å². The number of carbonyl (C=O) groups is 1. The summed E-state index contributed by atoms with van der Waals surface area (Å²) in [5.41, 5.74) is 3.62. The molecule has 4 rings (SSSR count). The van der Waals surface area contributed by atoms with Crippen molar-refractivity contribution in [2.24, 2.45) is 7.05 Å². The molecule has 0 aliphatic carbocycles. The predicted octanol–water partition coefficient (Wildman–Crippen LogP) is 1.12. The van der Waals surface area contributed by atoms with Crippen LogP contribution in [0.3, 0.4) is 0 Å². The summed E-state index contributed by atoms with van der Waals surface area (Å²) in [6.45, 7) is 1.77. The number of aryl methyl sites for hydroxylation is 1. The van der Waals surface area contributed by atoms with Crippen LogP contribution in [0.1, 0.15) is 12.0 Å². The van der Waals surface area contributed by atoms with Crippen LogP contribution in [0.25, 0.3) is 22.4 Å². The van der Waals surface area contributed by atoms with Gasteiger partial charge in [-0.05, 0) is 42.8 Å². The molecule has 1 aliphatic rings. The van der Waals surface area contributed by atoms with Crippen molar-refractivity contribution in [3.05, 3.63) is 52.6 Å². The number of rotatable bonds is 5. The monoisotopic (exact) mass is 421 g/mol. The Morgan fingerprint density at radius 1 is 1.42 bits per heavy atom. The Morgan fingerprint density at radius 3 is 3.06 bits per heavy atom. The summed E-state index contributed by atoms with van der Waals surface area (Å²) in [7, 11) is 1.65. The minimum atomic E-state index is -0.677. The highest BCUT2D eigenvalue weighted by atomic mass is 16.5. The molecule has 0 radical (unpaired) electrons. The Labute approximate surface area is 178 Å². The maximum Gasteiger partial charge on any atom is 0.419 e. The molecule has 1 fully saturated rings. The fourth-order valence-electron chi connectivity index (χ4n) is 3.51. The third-order valence-electron chi connectivity index (χ3n) is 5.26. The molecule has 1 aromatic carbocycles. The van der Waals surface area contributed by atoms with Gasteiger partial charge in [-0.2, -0.15) is 5.26 Å². The summed E-state index contributed by atoms with van der Waals surface area (Å²) < 4.78 is 12.1. The molecule has 3 aromatic rings. The standard InChI is InChI=1S/C22H23N5O4/c1-27-18-10-15(4-6-19(18)31-22(27)29)17-5-3-14(12-25-17)9-16(11-23)26-21(28)20-13-24-7-2-8-30-20/h3-6,10,12,16,20,24H,2,7-9,13H2,1H3,(H,26,28)/t16-,20?/m0/s1. The molecule has 2 atom stereocenters. The molecule has 3 heterocycles. The molecular weight excluding hydrogens is 398 g/mol. The maximum atomic E-state index is 12.4. The third-order valence-corrected chi connectivity index (χ3v) is 5.26. The van der Waals surface area contributed by atoms with Crippen LogP contribution >= 0.6 is 0 Å². The number of amides is 1. The first kappa shape index (κ1) is 20.8. The number of ether oxygens (including phenoxy) is 1. The lowest BCUT2D eigenvalue weighted by molar-refractivity contribution is -0.132. The minimum Gasteiger partial charge on any atom is -0.408 e. The van der Waals surface area contributed by atoms with Gasteiger partial charge >= 0.3 is 5.76 Å². The first-order valence-electron chi connectivity index (χ1n) is 10.1. The number of nitriles is 1. The lowest BCUT2D eigenvalue weighted by atomic mass is 10.1. The zero-order valence-corrected chi connectivity index (χ0v) is 17.1. The number of pyridine rings is 1. The Hall–Kier alpha value is -3.48. The van der Waals surface area contributed by atoms with Gasteiger partial charge in [-0.1, -0.05) is 6.07 Å². The van der Waals surface area contributed by atoms with E-state index in [0.29, 0.717) is 30.7 Å². The van der Waals surface area contributed by atoms with E-state index in [4.69, 9.17) is 9.15 Å². The second-order valence-corrected chi connectivity index (χ2v) is 7.47. The van der Waals surface area contributed by atoms with E-state index in [2.05, 4.69) is 21.7 Å². The molecule has 9 nitrogen and oxygen atoms in total. The first-order valence-corrected chi connectivity index (χ1v) is 10.1. The zero-order chi connectivity index (χ0) is 21.8. The zero-order valence-electron chi connectivity index (χ0n) is 17.1. The summed E-state index contributed by atoms with van der Waals surface area (Å²) in [5, 5.41) is 15.4. The number of benzene rings is 1. The highest BCUT2D eigenvalue weighted by Gasteiger charge is 2.23. The second-order valence-electron chi connectivity index (χ2n) is 7.47. The number of aromatic nitrogens is 2. The number of nitrogens with one attached hydrogen (secondary N) is 2. The van der Waals surface area contributed by atoms with Crippen molar-refractivity contribution in [2.45, 2.75) is 25.0 Å². The quantitative estimate of drug-likeness (QED) is 0.633. The van der Waals surface area contributed by atoms with Crippen molar-refractivity contribution >= 4 is 17.0 Å². The predicted molar refractivity (Wildman–Crippen MR) is 113 cm³/mol. The van der Waals surface area contributed by atoms with Gasteiger partial charge in [0, 0.05) is 38.4 Å². The van der Waals surface area contributed by atoms with Gasteiger partial charge in [0.1, 0.15) is 12.1 Å². The molecule has 1 unspecified atom stereocenters. The molecule has 160 valence electrons. The number of hydrogen-bond donors (Lipinski definition) is 2. The van der Waals surface area contributed by atoms with E-state index in [1.165, 1.54) is 4.57 Å². The van der Waals surface area contributed by atoms with Crippen LogP contribution in [0.15, 0.2) is 45.7 Å². The van der Waals surface area contributed by atoms with Crippen molar-refractivity contribution in [1.82, 2.24) is 20.2 Å². The summed E-state index contributed by atoms with van der Waals surface area (Å²) >= 11 is 0. The van der Waals surface area contributed by atoms with Gasteiger partial charge < -0.3 is 19.8 Å². The van der Waals surface area contributed by atoms with Gasteiger partial charge in [-0.25, -0.2) is 4.79 Å². The van der Waals surface area contributed by atoms with Gasteiger partial charge in [0.25, 0.3) is 5.91 Å². The molecule has 2 aromatic heterocycles. The number of oxazole rings is 1. The Morgan fingerprint density at radius 2 is 2.29 bits per heavy atom. The Bertz CT molecular complexity index is 1170. The number of fused-ring (bicyclic) bond motifs is 1. The van der Waals surface area contributed by atoms with Crippen molar-refractivity contribution in [2.75, 3.05) is 19.7 Å². The minimum absolute atomic E-state index is 0.287. The van der Waals surface area contributed by atoms with Crippen molar-refractivity contribution in [3.8, 4) is 17.3 Å². The van der Waals surface area contributed by atoms with Crippen LogP contribution in [0.5, 0.6) is 0 Å². The summed E-state index contributed by atoms with van der Waals surface area (Å²) in [5.74, 6) is -0.699. The van der Waals surface area contributed by atoms with Crippen LogP contribution in [0.4, 0.5) is 0 Å². The SMILES string of the molecule is Cn1c(=O)oc2ccc(-c3ccc(C[C@@H](C#N)NC(=O)C4CNCCCO4)cn3)cc21. The van der Waals surface area contributed by atoms with Gasteiger partial charge in [0.15, 0.2) is 5.58 Å². The molecule has 0 spiro atoms. The molecule has 1 aliphatic heterocycles. The summed E-state index contributed by atoms with van der Waals surface area (Å²) in [6, 6.07) is 10.6. The molecule has 2 N–H and O–H groups in total. The van der Waals surface area contributed by atoms with E-state index in [-0.39, 0.29) is 5.91 Å². The van der Waals surface area contributed by atoms with E-state index >= 15 is 0 Å². The Kier molecular flexibility index (Phi) is 6.11. The fraction of sp³-hybridized carbons (Fsp3) is 0.364. The average Bonchev–Trinajstić information content (AvgIpc) is 2.96. The topological polar surface area (TPSA) is 122 Å². The van der Waals surface area contributed by atoms with E-state index in [1.54, 1.807) is 19.3 Å². The van der Waals surface area contributed by atoms with Crippen molar-refractivity contribution in [1.29, 1.82) is 5.26 Å². The second kappa shape index (κ2) is 9.12.